The lowest BCUT2D eigenvalue weighted by molar-refractivity contribution is 0.0958. The van der Waals surface area contributed by atoms with Crippen LogP contribution < -0.4 is 10.6 Å². The summed E-state index contributed by atoms with van der Waals surface area (Å²) in [7, 11) is 0. The molecule has 1 aliphatic rings. The normalized spacial score (nSPS) is 16.2. The minimum Gasteiger partial charge on any atom is -0.459 e. The van der Waals surface area contributed by atoms with Crippen LogP contribution in [0.15, 0.2) is 35.1 Å². The number of carbonyl (C=O) groups is 1. The van der Waals surface area contributed by atoms with Gasteiger partial charge in [0.05, 0.1) is 17.6 Å². The van der Waals surface area contributed by atoms with Gasteiger partial charge in [0, 0.05) is 30.3 Å². The van der Waals surface area contributed by atoms with Crippen molar-refractivity contribution in [3.05, 3.63) is 47.7 Å². The average Bonchev–Trinajstić information content (AvgIpc) is 3.01. The Balaban J connectivity index is 2.03. The molecular formula is C15H17N3O2. The van der Waals surface area contributed by atoms with Crippen LogP contribution in [-0.4, -0.2) is 17.4 Å². The topological polar surface area (TPSA) is 72.4 Å². The summed E-state index contributed by atoms with van der Waals surface area (Å²) in [4.78, 5) is 18.8. The van der Waals surface area contributed by atoms with Crippen LogP contribution in [0.25, 0.3) is 0 Å². The zero-order chi connectivity index (χ0) is 14.3. The maximum atomic E-state index is 12.7. The number of hydrogen-bond donors (Lipinski definition) is 1. The highest BCUT2D eigenvalue weighted by Crippen LogP contribution is 2.39. The van der Waals surface area contributed by atoms with E-state index in [1.54, 1.807) is 17.2 Å². The standard InChI is InChI=1S/C15H17N3O2/c1-15(2)9-18(11-4-3-6-17-13(11)15)14(19)12-10(8-16)5-7-20-12/h3-7H,8-9,16H2,1-2H3. The fourth-order valence-corrected chi connectivity index (χ4v) is 2.68. The average molecular weight is 271 g/mol. The number of furan rings is 1. The Kier molecular flexibility index (Phi) is 2.87. The molecule has 104 valence electrons. The number of anilines is 1. The van der Waals surface area contributed by atoms with Crippen LogP contribution in [0.1, 0.15) is 35.7 Å². The van der Waals surface area contributed by atoms with Gasteiger partial charge >= 0.3 is 0 Å². The zero-order valence-corrected chi connectivity index (χ0v) is 11.6. The molecule has 5 nitrogen and oxygen atoms in total. The first-order valence-corrected chi connectivity index (χ1v) is 6.58. The summed E-state index contributed by atoms with van der Waals surface area (Å²) in [6.45, 7) is 5.04. The van der Waals surface area contributed by atoms with Gasteiger partial charge in [-0.2, -0.15) is 0 Å². The Morgan fingerprint density at radius 2 is 2.30 bits per heavy atom. The Bertz CT molecular complexity index is 661. The number of nitrogens with zero attached hydrogens (tertiary/aromatic N) is 2. The number of carbonyl (C=O) groups excluding carboxylic acids is 1. The lowest BCUT2D eigenvalue weighted by Gasteiger charge is -2.19. The molecule has 2 N–H and O–H groups in total. The quantitative estimate of drug-likeness (QED) is 0.907. The van der Waals surface area contributed by atoms with Gasteiger partial charge in [0.15, 0.2) is 5.76 Å². The van der Waals surface area contributed by atoms with Crippen LogP contribution in [0.3, 0.4) is 0 Å². The van der Waals surface area contributed by atoms with Crippen molar-refractivity contribution in [1.82, 2.24) is 4.98 Å². The number of pyridine rings is 1. The molecule has 1 aliphatic heterocycles. The van der Waals surface area contributed by atoms with Gasteiger partial charge in [-0.15, -0.1) is 0 Å². The summed E-state index contributed by atoms with van der Waals surface area (Å²) >= 11 is 0. The lowest BCUT2D eigenvalue weighted by atomic mass is 9.91. The second kappa shape index (κ2) is 4.45. The smallest absolute Gasteiger partial charge is 0.294 e. The first-order valence-electron chi connectivity index (χ1n) is 6.58. The minimum atomic E-state index is -0.165. The van der Waals surface area contributed by atoms with Gasteiger partial charge in [-0.25, -0.2) is 0 Å². The third kappa shape index (κ3) is 1.82. The summed E-state index contributed by atoms with van der Waals surface area (Å²) in [6, 6.07) is 5.49. The molecule has 3 rings (SSSR count). The maximum absolute atomic E-state index is 12.7. The molecule has 0 fully saturated rings. The van der Waals surface area contributed by atoms with Crippen LogP contribution in [-0.2, 0) is 12.0 Å². The molecule has 2 aromatic heterocycles. The molecule has 0 atom stereocenters. The Hall–Kier alpha value is -2.14. The van der Waals surface area contributed by atoms with Crippen LogP contribution in [0.2, 0.25) is 0 Å². The molecule has 0 bridgehead atoms. The molecule has 2 aromatic rings. The molecular weight excluding hydrogens is 254 g/mol. The molecule has 20 heavy (non-hydrogen) atoms. The fourth-order valence-electron chi connectivity index (χ4n) is 2.68. The van der Waals surface area contributed by atoms with Crippen molar-refractivity contribution in [2.24, 2.45) is 5.73 Å². The zero-order valence-electron chi connectivity index (χ0n) is 11.6. The van der Waals surface area contributed by atoms with Gasteiger partial charge in [0.1, 0.15) is 0 Å². The van der Waals surface area contributed by atoms with E-state index < -0.39 is 0 Å². The molecule has 3 heterocycles. The van der Waals surface area contributed by atoms with Crippen LogP contribution in [0.5, 0.6) is 0 Å². The molecule has 1 amide bonds. The third-order valence-corrected chi connectivity index (χ3v) is 3.68. The van der Waals surface area contributed by atoms with E-state index >= 15 is 0 Å². The molecule has 0 saturated carbocycles. The van der Waals surface area contributed by atoms with Crippen molar-refractivity contribution in [2.45, 2.75) is 25.8 Å². The van der Waals surface area contributed by atoms with E-state index in [1.807, 2.05) is 12.1 Å². The number of nitrogens with two attached hydrogens (primary N) is 1. The Morgan fingerprint density at radius 3 is 3.05 bits per heavy atom. The molecule has 0 spiro atoms. The van der Waals surface area contributed by atoms with Crippen LogP contribution >= 0.6 is 0 Å². The van der Waals surface area contributed by atoms with Gasteiger partial charge in [-0.1, -0.05) is 13.8 Å². The maximum Gasteiger partial charge on any atom is 0.294 e. The number of aromatic nitrogens is 1. The highest BCUT2D eigenvalue weighted by Gasteiger charge is 2.40. The fraction of sp³-hybridized carbons (Fsp3) is 0.333. The molecule has 0 aliphatic carbocycles. The monoisotopic (exact) mass is 271 g/mol. The van der Waals surface area contributed by atoms with Gasteiger partial charge in [0.2, 0.25) is 0 Å². The second-order valence-electron chi connectivity index (χ2n) is 5.63. The van der Waals surface area contributed by atoms with E-state index in [-0.39, 0.29) is 17.9 Å². The predicted molar refractivity (Wildman–Crippen MR) is 75.5 cm³/mol. The molecule has 0 aromatic carbocycles. The van der Waals surface area contributed by atoms with Crippen LogP contribution in [0.4, 0.5) is 5.69 Å². The summed E-state index contributed by atoms with van der Waals surface area (Å²) in [6.07, 6.45) is 3.26. The lowest BCUT2D eigenvalue weighted by Crippen LogP contribution is -2.34. The molecule has 5 heteroatoms. The second-order valence-corrected chi connectivity index (χ2v) is 5.63. The van der Waals surface area contributed by atoms with Gasteiger partial charge in [-0.05, 0) is 18.2 Å². The Labute approximate surface area is 117 Å². The van der Waals surface area contributed by atoms with Crippen molar-refractivity contribution >= 4 is 11.6 Å². The summed E-state index contributed by atoms with van der Waals surface area (Å²) < 4.78 is 5.32. The van der Waals surface area contributed by atoms with Crippen molar-refractivity contribution in [2.75, 3.05) is 11.4 Å². The molecule has 0 unspecified atom stereocenters. The molecule has 0 radical (unpaired) electrons. The van der Waals surface area contributed by atoms with Gasteiger partial charge in [-0.3, -0.25) is 9.78 Å². The first kappa shape index (κ1) is 12.9. The summed E-state index contributed by atoms with van der Waals surface area (Å²) in [5.74, 6) is 0.162. The van der Waals surface area contributed by atoms with E-state index in [2.05, 4.69) is 18.8 Å². The van der Waals surface area contributed by atoms with E-state index in [1.165, 1.54) is 6.26 Å². The van der Waals surface area contributed by atoms with E-state index in [4.69, 9.17) is 10.2 Å². The SMILES string of the molecule is CC1(C)CN(C(=O)c2occc2CN)c2cccnc21. The van der Waals surface area contributed by atoms with E-state index in [0.29, 0.717) is 12.3 Å². The van der Waals surface area contributed by atoms with E-state index in [0.717, 1.165) is 16.9 Å². The largest absolute Gasteiger partial charge is 0.459 e. The number of hydrogen-bond acceptors (Lipinski definition) is 4. The number of rotatable bonds is 2. The molecule has 0 saturated heterocycles. The van der Waals surface area contributed by atoms with Gasteiger partial charge in [0.25, 0.3) is 5.91 Å². The van der Waals surface area contributed by atoms with Gasteiger partial charge < -0.3 is 15.1 Å². The summed E-state index contributed by atoms with van der Waals surface area (Å²) in [5.41, 5.74) is 7.99. The minimum absolute atomic E-state index is 0.157. The van der Waals surface area contributed by atoms with E-state index in [9.17, 15) is 4.79 Å². The predicted octanol–water partition coefficient (Wildman–Crippen LogP) is 2.07. The summed E-state index contributed by atoms with van der Waals surface area (Å²) in [5, 5.41) is 0. The van der Waals surface area contributed by atoms with Crippen molar-refractivity contribution in [3.8, 4) is 0 Å². The third-order valence-electron chi connectivity index (χ3n) is 3.68. The first-order chi connectivity index (χ1) is 9.54. The Morgan fingerprint density at radius 1 is 1.50 bits per heavy atom. The van der Waals surface area contributed by atoms with Crippen molar-refractivity contribution in [3.63, 3.8) is 0 Å². The van der Waals surface area contributed by atoms with Crippen molar-refractivity contribution < 1.29 is 9.21 Å². The highest BCUT2D eigenvalue weighted by atomic mass is 16.3. The number of amides is 1. The highest BCUT2D eigenvalue weighted by molar-refractivity contribution is 6.06. The van der Waals surface area contributed by atoms with Crippen molar-refractivity contribution in [1.29, 1.82) is 0 Å². The van der Waals surface area contributed by atoms with Crippen LogP contribution in [0, 0.1) is 0 Å². The number of fused-ring (bicyclic) bond motifs is 1.